The summed E-state index contributed by atoms with van der Waals surface area (Å²) in [7, 11) is 0. The summed E-state index contributed by atoms with van der Waals surface area (Å²) in [6.45, 7) is 4.10. The number of aromatic nitrogens is 2. The van der Waals surface area contributed by atoms with Gasteiger partial charge in [-0.05, 0) is 50.8 Å². The van der Waals surface area contributed by atoms with Gasteiger partial charge < -0.3 is 20.7 Å². The molecule has 1 saturated heterocycles. The minimum atomic E-state index is -0.102. The fourth-order valence-corrected chi connectivity index (χ4v) is 3.69. The third kappa shape index (κ3) is 4.42. The lowest BCUT2D eigenvalue weighted by atomic mass is 10.0. The molecule has 1 aliphatic heterocycles. The molecule has 1 aromatic carbocycles. The van der Waals surface area contributed by atoms with Gasteiger partial charge in [-0.1, -0.05) is 0 Å². The molecule has 2 aromatic rings. The maximum atomic E-state index is 8.74. The average Bonchev–Trinajstić information content (AvgIpc) is 3.72. The first-order valence-electron chi connectivity index (χ1n) is 11.0. The smallest absolute Gasteiger partial charge is 0.133 e. The van der Waals surface area contributed by atoms with Crippen LogP contribution in [0.1, 0.15) is 43.9 Å². The molecule has 0 atom stereocenters. The number of benzene rings is 1. The number of ether oxygens (including phenoxy) is 1. The first-order chi connectivity index (χ1) is 15.4. The molecule has 2 heterocycles. The number of nitrogens with one attached hydrogen (secondary N) is 3. The van der Waals surface area contributed by atoms with Crippen molar-refractivity contribution in [3.05, 3.63) is 41.9 Å². The molecule has 0 bridgehead atoms. The Kier molecular flexibility index (Phi) is 5.03. The Labute approximate surface area is 187 Å². The van der Waals surface area contributed by atoms with Crippen LogP contribution >= 0.6 is 0 Å². The van der Waals surface area contributed by atoms with Gasteiger partial charge in [0.25, 0.3) is 0 Å². The maximum Gasteiger partial charge on any atom is 0.133 e. The van der Waals surface area contributed by atoms with E-state index in [1.807, 2.05) is 18.2 Å². The van der Waals surface area contributed by atoms with Gasteiger partial charge in [0.05, 0.1) is 18.0 Å². The lowest BCUT2D eigenvalue weighted by Crippen LogP contribution is -2.48. The molecule has 0 radical (unpaired) electrons. The standard InChI is InChI=1S/C23H28N8O/c1-23(6-7-23)32-15-4-5-17(24)16(10-15)21(25)18-11-20(29-13-28-18)31-9-8-27-19(12-31)30-22(26)14-2-3-14/h4-5,10-11,13-14,25H,2-3,6-9,12,24H2,1H3,(H2,26,27,30). The molecular weight excluding hydrogens is 404 g/mol. The zero-order valence-electron chi connectivity index (χ0n) is 18.2. The molecule has 5 N–H and O–H groups in total. The van der Waals surface area contributed by atoms with E-state index in [1.165, 1.54) is 6.33 Å². The highest BCUT2D eigenvalue weighted by Gasteiger charge is 2.40. The topological polar surface area (TPSA) is 136 Å². The van der Waals surface area contributed by atoms with Gasteiger partial charge >= 0.3 is 0 Å². The summed E-state index contributed by atoms with van der Waals surface area (Å²) in [6.07, 6.45) is 5.67. The van der Waals surface area contributed by atoms with Crippen LogP contribution in [0.25, 0.3) is 0 Å². The molecule has 3 fully saturated rings. The minimum absolute atomic E-state index is 0.102. The Balaban J connectivity index is 1.35. The van der Waals surface area contributed by atoms with Gasteiger partial charge in [-0.25, -0.2) is 15.0 Å². The number of nitrogen functional groups attached to an aromatic ring is 1. The number of aliphatic imine (C=N–C) groups is 1. The number of rotatable bonds is 6. The van der Waals surface area contributed by atoms with Gasteiger partial charge in [-0.15, -0.1) is 0 Å². The van der Waals surface area contributed by atoms with Crippen LogP contribution < -0.4 is 20.7 Å². The second kappa shape index (κ2) is 7.89. The highest BCUT2D eigenvalue weighted by Crippen LogP contribution is 2.40. The molecule has 0 amide bonds. The van der Waals surface area contributed by atoms with Crippen molar-refractivity contribution in [2.24, 2.45) is 10.9 Å². The van der Waals surface area contributed by atoms with Crippen molar-refractivity contribution in [1.82, 2.24) is 15.3 Å². The number of hydrogen-bond acceptors (Lipinski definition) is 7. The summed E-state index contributed by atoms with van der Waals surface area (Å²) < 4.78 is 6.05. The molecule has 32 heavy (non-hydrogen) atoms. The van der Waals surface area contributed by atoms with Crippen LogP contribution in [0, 0.1) is 16.7 Å². The van der Waals surface area contributed by atoms with E-state index in [9.17, 15) is 0 Å². The van der Waals surface area contributed by atoms with Crippen molar-refractivity contribution in [3.63, 3.8) is 0 Å². The molecule has 2 aliphatic carbocycles. The first kappa shape index (κ1) is 20.4. The fourth-order valence-electron chi connectivity index (χ4n) is 3.69. The molecule has 1 aromatic heterocycles. The molecule has 9 heteroatoms. The summed E-state index contributed by atoms with van der Waals surface area (Å²) in [6, 6.07) is 7.26. The van der Waals surface area contributed by atoms with Crippen LogP contribution in [-0.2, 0) is 0 Å². The SMILES string of the molecule is CC1(Oc2ccc(N)c(C(=N)c3cc(N4CCN/C(=N\C(=N)C5CC5)C4)ncn3)c2)CC1. The van der Waals surface area contributed by atoms with Crippen molar-refractivity contribution in [3.8, 4) is 5.75 Å². The van der Waals surface area contributed by atoms with Gasteiger partial charge in [0, 0.05) is 36.3 Å². The molecule has 9 nitrogen and oxygen atoms in total. The fraction of sp³-hybridized carbons (Fsp3) is 0.435. The number of anilines is 2. The summed E-state index contributed by atoms with van der Waals surface area (Å²) in [4.78, 5) is 15.3. The van der Waals surface area contributed by atoms with Crippen LogP contribution in [0.15, 0.2) is 35.6 Å². The monoisotopic (exact) mass is 432 g/mol. The van der Waals surface area contributed by atoms with E-state index in [2.05, 4.69) is 32.1 Å². The number of nitrogens with zero attached hydrogens (tertiary/aromatic N) is 4. The average molecular weight is 433 g/mol. The van der Waals surface area contributed by atoms with Crippen molar-refractivity contribution < 1.29 is 4.74 Å². The Morgan fingerprint density at radius 3 is 2.81 bits per heavy atom. The van der Waals surface area contributed by atoms with Gasteiger partial charge in [-0.3, -0.25) is 10.8 Å². The predicted octanol–water partition coefficient (Wildman–Crippen LogP) is 2.60. The van der Waals surface area contributed by atoms with Crippen LogP contribution in [0.5, 0.6) is 5.75 Å². The lowest BCUT2D eigenvalue weighted by molar-refractivity contribution is 0.200. The second-order valence-electron chi connectivity index (χ2n) is 9.00. The number of hydrogen-bond donors (Lipinski definition) is 4. The summed E-state index contributed by atoms with van der Waals surface area (Å²) in [5.41, 5.74) is 7.93. The molecule has 5 rings (SSSR count). The van der Waals surface area contributed by atoms with E-state index in [4.69, 9.17) is 21.3 Å². The van der Waals surface area contributed by atoms with Crippen LogP contribution in [0.3, 0.4) is 0 Å². The summed E-state index contributed by atoms with van der Waals surface area (Å²) in [5, 5.41) is 20.1. The zero-order valence-corrected chi connectivity index (χ0v) is 18.2. The van der Waals surface area contributed by atoms with E-state index >= 15 is 0 Å². The molecule has 0 spiro atoms. The van der Waals surface area contributed by atoms with Crippen molar-refractivity contribution >= 4 is 28.9 Å². The number of amidine groups is 2. The lowest BCUT2D eigenvalue weighted by Gasteiger charge is -2.30. The molecule has 3 aliphatic rings. The Morgan fingerprint density at radius 2 is 2.06 bits per heavy atom. The summed E-state index contributed by atoms with van der Waals surface area (Å²) >= 11 is 0. The van der Waals surface area contributed by atoms with E-state index in [1.54, 1.807) is 6.07 Å². The number of nitrogens with two attached hydrogens (primary N) is 1. The Bertz CT molecular complexity index is 1100. The van der Waals surface area contributed by atoms with E-state index in [0.29, 0.717) is 41.0 Å². The highest BCUT2D eigenvalue weighted by atomic mass is 16.5. The quantitative estimate of drug-likeness (QED) is 0.315. The van der Waals surface area contributed by atoms with Crippen LogP contribution in [0.2, 0.25) is 0 Å². The molecular formula is C23H28N8O. The predicted molar refractivity (Wildman–Crippen MR) is 125 cm³/mol. The summed E-state index contributed by atoms with van der Waals surface area (Å²) in [5.74, 6) is 3.00. The van der Waals surface area contributed by atoms with Crippen molar-refractivity contribution in [2.75, 3.05) is 30.3 Å². The zero-order chi connectivity index (χ0) is 22.3. The Morgan fingerprint density at radius 1 is 1.25 bits per heavy atom. The molecule has 2 saturated carbocycles. The van der Waals surface area contributed by atoms with Crippen LogP contribution in [0.4, 0.5) is 11.5 Å². The van der Waals surface area contributed by atoms with E-state index in [-0.39, 0.29) is 11.3 Å². The molecule has 0 unspecified atom stereocenters. The molecule has 166 valence electrons. The van der Waals surface area contributed by atoms with Crippen molar-refractivity contribution in [1.29, 1.82) is 10.8 Å². The largest absolute Gasteiger partial charge is 0.488 e. The maximum absolute atomic E-state index is 8.74. The van der Waals surface area contributed by atoms with Crippen molar-refractivity contribution in [2.45, 2.75) is 38.2 Å². The van der Waals surface area contributed by atoms with E-state index < -0.39 is 0 Å². The van der Waals surface area contributed by atoms with Gasteiger partial charge in [0.2, 0.25) is 0 Å². The first-order valence-corrected chi connectivity index (χ1v) is 11.0. The van der Waals surface area contributed by atoms with Gasteiger partial charge in [-0.2, -0.15) is 0 Å². The number of piperazine rings is 1. The minimum Gasteiger partial charge on any atom is -0.488 e. The van der Waals surface area contributed by atoms with Crippen LogP contribution in [-0.4, -0.2) is 52.6 Å². The van der Waals surface area contributed by atoms with E-state index in [0.717, 1.165) is 50.4 Å². The third-order valence-corrected chi connectivity index (χ3v) is 6.12. The normalized spacial score (nSPS) is 20.5. The second-order valence-corrected chi connectivity index (χ2v) is 9.00. The Hall–Kier alpha value is -3.49. The van der Waals surface area contributed by atoms with Gasteiger partial charge in [0.15, 0.2) is 0 Å². The van der Waals surface area contributed by atoms with Gasteiger partial charge in [0.1, 0.15) is 35.2 Å². The third-order valence-electron chi connectivity index (χ3n) is 6.12. The highest BCUT2D eigenvalue weighted by molar-refractivity contribution is 6.13.